The van der Waals surface area contributed by atoms with Gasteiger partial charge in [0.2, 0.25) is 0 Å². The predicted molar refractivity (Wildman–Crippen MR) is 45.0 cm³/mol. The molecule has 4 rings (SSSR count). The summed E-state index contributed by atoms with van der Waals surface area (Å²) in [6, 6.07) is 0. The fraction of sp³-hybridized carbons (Fsp3) is 0.900. The Morgan fingerprint density at radius 1 is 1.38 bits per heavy atom. The van der Waals surface area contributed by atoms with E-state index in [1.807, 2.05) is 0 Å². The molecular weight excluding hydrogens is 168 g/mol. The van der Waals surface area contributed by atoms with Gasteiger partial charge in [-0.15, -0.1) is 0 Å². The van der Waals surface area contributed by atoms with Gasteiger partial charge in [0, 0.05) is 5.92 Å². The van der Waals surface area contributed by atoms with Crippen LogP contribution in [0.25, 0.3) is 0 Å². The highest BCUT2D eigenvalue weighted by Crippen LogP contribution is 2.55. The summed E-state index contributed by atoms with van der Waals surface area (Å²) in [7, 11) is 1.48. The fourth-order valence-electron chi connectivity index (χ4n) is 3.20. The zero-order valence-corrected chi connectivity index (χ0v) is 7.73. The second-order valence-electron chi connectivity index (χ2n) is 4.43. The first-order chi connectivity index (χ1) is 6.31. The third-order valence-corrected chi connectivity index (χ3v) is 3.90. The number of carbonyl (C=O) groups excluding carboxylic acids is 1. The molecule has 0 aromatic heterocycles. The Bertz CT molecular complexity index is 251. The lowest BCUT2D eigenvalue weighted by molar-refractivity contribution is -0.150. The van der Waals surface area contributed by atoms with E-state index in [0.29, 0.717) is 24.0 Å². The summed E-state index contributed by atoms with van der Waals surface area (Å²) in [6.45, 7) is 0. The molecule has 13 heavy (non-hydrogen) atoms. The van der Waals surface area contributed by atoms with Gasteiger partial charge in [-0.3, -0.25) is 4.79 Å². The van der Waals surface area contributed by atoms with E-state index >= 15 is 0 Å². The fourth-order valence-corrected chi connectivity index (χ4v) is 3.20. The minimum Gasteiger partial charge on any atom is -0.469 e. The molecule has 1 saturated heterocycles. The molecule has 5 atom stereocenters. The maximum atomic E-state index is 11.4. The van der Waals surface area contributed by atoms with Crippen molar-refractivity contribution in [3.63, 3.8) is 0 Å². The molecule has 1 aliphatic heterocycles. The predicted octanol–water partition coefficient (Wildman–Crippen LogP) is 0.973. The molecule has 0 N–H and O–H groups in total. The number of hydrogen-bond acceptors (Lipinski definition) is 3. The Morgan fingerprint density at radius 3 is 2.92 bits per heavy atom. The summed E-state index contributed by atoms with van der Waals surface area (Å²) in [5.41, 5.74) is 0. The van der Waals surface area contributed by atoms with E-state index in [4.69, 9.17) is 9.47 Å². The van der Waals surface area contributed by atoms with Crippen LogP contribution < -0.4 is 0 Å². The summed E-state index contributed by atoms with van der Waals surface area (Å²) in [5.74, 6) is 1.21. The number of ether oxygens (including phenoxy) is 2. The Hall–Kier alpha value is -0.570. The van der Waals surface area contributed by atoms with Crippen LogP contribution in [0.4, 0.5) is 0 Å². The normalized spacial score (nSPS) is 51.3. The molecule has 0 aromatic carbocycles. The summed E-state index contributed by atoms with van der Waals surface area (Å²) in [5, 5.41) is 0. The highest BCUT2D eigenvalue weighted by molar-refractivity contribution is 5.73. The molecule has 2 bridgehead atoms. The molecule has 4 aliphatic rings. The van der Waals surface area contributed by atoms with Crippen LogP contribution in [0.2, 0.25) is 0 Å². The molecular formula is C10H14O3. The van der Waals surface area contributed by atoms with Crippen LogP contribution in [0.15, 0.2) is 0 Å². The average molecular weight is 182 g/mol. The molecule has 3 heteroatoms. The number of epoxide rings is 1. The van der Waals surface area contributed by atoms with Crippen LogP contribution in [-0.2, 0) is 14.3 Å². The van der Waals surface area contributed by atoms with Crippen LogP contribution >= 0.6 is 0 Å². The van der Waals surface area contributed by atoms with Crippen molar-refractivity contribution < 1.29 is 14.3 Å². The number of esters is 1. The SMILES string of the molecule is COC(=O)[C@H]1C[C@H]2CC[C@@H]1[C@@H]1O[C@H]21. The van der Waals surface area contributed by atoms with Crippen LogP contribution in [0.1, 0.15) is 19.3 Å². The molecule has 0 amide bonds. The Morgan fingerprint density at radius 2 is 2.23 bits per heavy atom. The van der Waals surface area contributed by atoms with Crippen molar-refractivity contribution in [2.24, 2.45) is 17.8 Å². The first kappa shape index (κ1) is 7.80. The topological polar surface area (TPSA) is 38.8 Å². The molecule has 0 unspecified atom stereocenters. The number of hydrogen-bond donors (Lipinski definition) is 0. The lowest BCUT2D eigenvalue weighted by atomic mass is 9.65. The van der Waals surface area contributed by atoms with Gasteiger partial charge in [-0.1, -0.05) is 0 Å². The van der Waals surface area contributed by atoms with Crippen molar-refractivity contribution in [2.45, 2.75) is 31.5 Å². The number of carbonyl (C=O) groups is 1. The minimum absolute atomic E-state index is 0.0244. The van der Waals surface area contributed by atoms with Gasteiger partial charge in [-0.2, -0.15) is 0 Å². The maximum Gasteiger partial charge on any atom is 0.309 e. The lowest BCUT2D eigenvalue weighted by Gasteiger charge is -2.37. The zero-order chi connectivity index (χ0) is 9.00. The van der Waals surface area contributed by atoms with Gasteiger partial charge in [0.15, 0.2) is 0 Å². The number of methoxy groups -OCH3 is 1. The van der Waals surface area contributed by atoms with E-state index < -0.39 is 0 Å². The molecule has 1 heterocycles. The highest BCUT2D eigenvalue weighted by Gasteiger charge is 2.60. The molecule has 3 aliphatic carbocycles. The van der Waals surface area contributed by atoms with Gasteiger partial charge in [0.25, 0.3) is 0 Å². The number of rotatable bonds is 1. The third-order valence-electron chi connectivity index (χ3n) is 3.90. The molecule has 0 radical (unpaired) electrons. The van der Waals surface area contributed by atoms with Gasteiger partial charge < -0.3 is 9.47 Å². The highest BCUT2D eigenvalue weighted by atomic mass is 16.6. The molecule has 4 fully saturated rings. The summed E-state index contributed by atoms with van der Waals surface area (Å²) < 4.78 is 10.4. The van der Waals surface area contributed by atoms with E-state index in [9.17, 15) is 4.79 Å². The average Bonchev–Trinajstić information content (AvgIpc) is 2.97. The standard InChI is InChI=1S/C10H14O3/c1-12-10(11)7-4-5-2-3-6(7)9-8(5)13-9/h5-9H,2-4H2,1H3/t5-,6+,7+,8-,9+/m1/s1. The second kappa shape index (κ2) is 2.47. The van der Waals surface area contributed by atoms with Crippen LogP contribution in [0.5, 0.6) is 0 Å². The van der Waals surface area contributed by atoms with Gasteiger partial charge >= 0.3 is 5.97 Å². The molecule has 72 valence electrons. The van der Waals surface area contributed by atoms with Crippen molar-refractivity contribution in [3.8, 4) is 0 Å². The van der Waals surface area contributed by atoms with Crippen LogP contribution in [0.3, 0.4) is 0 Å². The van der Waals surface area contributed by atoms with Crippen LogP contribution in [-0.4, -0.2) is 25.3 Å². The quantitative estimate of drug-likeness (QED) is 0.448. The van der Waals surface area contributed by atoms with Gasteiger partial charge in [0.1, 0.15) is 0 Å². The van der Waals surface area contributed by atoms with E-state index in [0.717, 1.165) is 12.8 Å². The minimum atomic E-state index is -0.0244. The van der Waals surface area contributed by atoms with Gasteiger partial charge in [-0.05, 0) is 25.2 Å². The van der Waals surface area contributed by atoms with Crippen molar-refractivity contribution >= 4 is 5.97 Å². The molecule has 3 saturated carbocycles. The van der Waals surface area contributed by atoms with Crippen LogP contribution in [0, 0.1) is 17.8 Å². The van der Waals surface area contributed by atoms with E-state index in [1.54, 1.807) is 0 Å². The molecule has 0 spiro atoms. The lowest BCUT2D eigenvalue weighted by Crippen LogP contribution is -2.41. The summed E-state index contributed by atoms with van der Waals surface area (Å²) in [4.78, 5) is 11.4. The third kappa shape index (κ3) is 0.966. The Kier molecular flexibility index (Phi) is 1.48. The zero-order valence-electron chi connectivity index (χ0n) is 7.73. The maximum absolute atomic E-state index is 11.4. The van der Waals surface area contributed by atoms with Gasteiger partial charge in [-0.25, -0.2) is 0 Å². The first-order valence-electron chi connectivity index (χ1n) is 5.04. The summed E-state index contributed by atoms with van der Waals surface area (Å²) in [6.07, 6.45) is 4.31. The van der Waals surface area contributed by atoms with Crippen molar-refractivity contribution in [3.05, 3.63) is 0 Å². The van der Waals surface area contributed by atoms with E-state index in [2.05, 4.69) is 0 Å². The van der Waals surface area contributed by atoms with Crippen molar-refractivity contribution in [2.75, 3.05) is 7.11 Å². The Balaban J connectivity index is 1.81. The monoisotopic (exact) mass is 182 g/mol. The van der Waals surface area contributed by atoms with E-state index in [-0.39, 0.29) is 11.9 Å². The second-order valence-corrected chi connectivity index (χ2v) is 4.43. The molecule has 3 nitrogen and oxygen atoms in total. The number of fused-ring (bicyclic) bond motifs is 2. The summed E-state index contributed by atoms with van der Waals surface area (Å²) >= 11 is 0. The Labute approximate surface area is 77.4 Å². The van der Waals surface area contributed by atoms with E-state index in [1.165, 1.54) is 13.5 Å². The van der Waals surface area contributed by atoms with Crippen molar-refractivity contribution in [1.82, 2.24) is 0 Å². The molecule has 0 aromatic rings. The smallest absolute Gasteiger partial charge is 0.309 e. The van der Waals surface area contributed by atoms with Crippen molar-refractivity contribution in [1.29, 1.82) is 0 Å². The largest absolute Gasteiger partial charge is 0.469 e. The van der Waals surface area contributed by atoms with Gasteiger partial charge in [0.05, 0.1) is 25.2 Å². The first-order valence-corrected chi connectivity index (χ1v) is 5.04.